The summed E-state index contributed by atoms with van der Waals surface area (Å²) >= 11 is 5.38. The molecule has 1 atom stereocenters. The first-order valence-corrected chi connectivity index (χ1v) is 9.98. The Kier molecular flexibility index (Phi) is 6.29. The van der Waals surface area contributed by atoms with Crippen LogP contribution in [0, 0.1) is 0 Å². The zero-order chi connectivity index (χ0) is 17.7. The number of hydrogen-bond donors (Lipinski definition) is 1. The summed E-state index contributed by atoms with van der Waals surface area (Å²) in [4.78, 5) is 12.0. The van der Waals surface area contributed by atoms with Crippen LogP contribution in [-0.2, 0) is 25.6 Å². The van der Waals surface area contributed by atoms with Crippen LogP contribution in [0.4, 0.5) is 0 Å². The van der Waals surface area contributed by atoms with Gasteiger partial charge in [0, 0.05) is 18.5 Å². The zero-order valence-electron chi connectivity index (χ0n) is 13.6. The van der Waals surface area contributed by atoms with Crippen molar-refractivity contribution >= 4 is 30.3 Å². The number of para-hydroxylation sites is 1. The van der Waals surface area contributed by atoms with Gasteiger partial charge in [-0.2, -0.15) is 0 Å². The molecule has 1 aromatic rings. The fourth-order valence-corrected chi connectivity index (χ4v) is 4.00. The van der Waals surface area contributed by atoms with E-state index in [1.54, 1.807) is 45.2 Å². The van der Waals surface area contributed by atoms with Crippen molar-refractivity contribution in [1.29, 1.82) is 0 Å². The molecule has 0 bridgehead atoms. The van der Waals surface area contributed by atoms with E-state index in [-0.39, 0.29) is 5.57 Å². The van der Waals surface area contributed by atoms with Crippen LogP contribution in [0.15, 0.2) is 34.9 Å². The highest BCUT2D eigenvalue weighted by Crippen LogP contribution is 2.51. The molecular weight excluding hydrogens is 351 g/mol. The van der Waals surface area contributed by atoms with Crippen LogP contribution in [0.5, 0.6) is 5.75 Å². The number of fused-ring (bicyclic) bond motifs is 1. The third-order valence-electron chi connectivity index (χ3n) is 3.16. The Bertz CT molecular complexity index is 722. The summed E-state index contributed by atoms with van der Waals surface area (Å²) in [5.74, 6) is 2.14. The van der Waals surface area contributed by atoms with Crippen molar-refractivity contribution in [3.63, 3.8) is 0 Å². The van der Waals surface area contributed by atoms with Gasteiger partial charge in [-0.3, -0.25) is 0 Å². The van der Waals surface area contributed by atoms with E-state index in [0.29, 0.717) is 24.5 Å². The van der Waals surface area contributed by atoms with Gasteiger partial charge in [0.1, 0.15) is 17.4 Å². The molecule has 1 heterocycles. The monoisotopic (exact) mass is 370 g/mol. The molecule has 1 aromatic carbocycles. The van der Waals surface area contributed by atoms with Crippen molar-refractivity contribution in [1.82, 2.24) is 4.78 Å². The number of hydrogen-bond acceptors (Lipinski definition) is 7. The second kappa shape index (κ2) is 8.03. The third-order valence-corrected chi connectivity index (χ3v) is 6.47. The Morgan fingerprint density at radius 2 is 2.00 bits per heavy atom. The highest BCUT2D eigenvalue weighted by atomic mass is 32.5. The lowest BCUT2D eigenvalue weighted by Gasteiger charge is -2.27. The fraction of sp³-hybridized carbons (Fsp3) is 0.400. The summed E-state index contributed by atoms with van der Waals surface area (Å²) in [5.41, 5.74) is 0.376. The molecular formula is C15H19N2O5PS. The molecule has 1 unspecified atom stereocenters. The maximum Gasteiger partial charge on any atom is 0.352 e. The average molecular weight is 370 g/mol. The maximum atomic E-state index is 12.0. The topological polar surface area (TPSA) is 80.6 Å². The molecule has 0 fully saturated rings. The van der Waals surface area contributed by atoms with Crippen LogP contribution in [-0.4, -0.2) is 42.0 Å². The van der Waals surface area contributed by atoms with Crippen molar-refractivity contribution in [2.24, 2.45) is 5.10 Å². The first-order valence-electron chi connectivity index (χ1n) is 7.39. The molecule has 0 aromatic heterocycles. The second-order valence-corrected chi connectivity index (χ2v) is 8.17. The number of rotatable bonds is 6. The van der Waals surface area contributed by atoms with Crippen LogP contribution >= 0.6 is 6.64 Å². The molecule has 9 heteroatoms. The van der Waals surface area contributed by atoms with Crippen LogP contribution in [0.2, 0.25) is 0 Å². The molecule has 0 amide bonds. The van der Waals surface area contributed by atoms with Gasteiger partial charge in [0.05, 0.1) is 13.2 Å². The number of carbonyl (C=O) groups is 1. The normalized spacial score (nSPS) is 16.9. The number of benzene rings is 1. The number of nitrogens with zero attached hydrogens (tertiary/aromatic N) is 2. The molecule has 1 N–H and O–H groups in total. The molecule has 130 valence electrons. The summed E-state index contributed by atoms with van der Waals surface area (Å²) < 4.78 is 17.5. The number of carbonyl (C=O) groups excluding carboxylic acids is 1. The van der Waals surface area contributed by atoms with Gasteiger partial charge in [0.2, 0.25) is 0 Å². The molecule has 0 spiro atoms. The van der Waals surface area contributed by atoms with E-state index in [9.17, 15) is 9.90 Å². The number of aliphatic hydroxyl groups excluding tert-OH is 1. The van der Waals surface area contributed by atoms with E-state index in [1.807, 2.05) is 0 Å². The van der Waals surface area contributed by atoms with E-state index < -0.39 is 18.7 Å². The van der Waals surface area contributed by atoms with Crippen molar-refractivity contribution in [3.05, 3.63) is 35.4 Å². The van der Waals surface area contributed by atoms with Gasteiger partial charge in [-0.25, -0.2) is 9.57 Å². The standard InChI is InChI=1S/C15H19N2O5PS/c1-4-20-23(24,21-5-2)17(3)16-10-12-14(18)11-8-6-7-9-13(11)22-15(12)19/h6-9,14,18H,4-5H2,1-3H3. The van der Waals surface area contributed by atoms with Gasteiger partial charge in [-0.1, -0.05) is 18.2 Å². The Hall–Kier alpha value is -1.53. The summed E-state index contributed by atoms with van der Waals surface area (Å²) in [6.45, 7) is 1.54. The minimum absolute atomic E-state index is 0.102. The molecule has 0 radical (unpaired) electrons. The van der Waals surface area contributed by atoms with Crippen molar-refractivity contribution in [2.45, 2.75) is 20.0 Å². The van der Waals surface area contributed by atoms with E-state index in [4.69, 9.17) is 25.6 Å². The number of esters is 1. The predicted molar refractivity (Wildman–Crippen MR) is 93.3 cm³/mol. The van der Waals surface area contributed by atoms with Crippen LogP contribution in [0.25, 0.3) is 0 Å². The van der Waals surface area contributed by atoms with E-state index >= 15 is 0 Å². The summed E-state index contributed by atoms with van der Waals surface area (Å²) in [6, 6.07) is 6.74. The summed E-state index contributed by atoms with van der Waals surface area (Å²) in [7, 11) is 1.58. The van der Waals surface area contributed by atoms with Crippen LogP contribution in [0.1, 0.15) is 25.5 Å². The average Bonchev–Trinajstić information content (AvgIpc) is 2.55. The second-order valence-electron chi connectivity index (χ2n) is 4.75. The SMILES string of the molecule is CCOP(=S)(OCC)N(C)N=C=C1C(=O)Oc2ccccc2C1O. The van der Waals surface area contributed by atoms with E-state index in [0.717, 1.165) is 0 Å². The minimum Gasteiger partial charge on any atom is -0.422 e. The van der Waals surface area contributed by atoms with Crippen LogP contribution in [0.3, 0.4) is 0 Å². The molecule has 0 saturated carbocycles. The predicted octanol–water partition coefficient (Wildman–Crippen LogP) is 2.38. The lowest BCUT2D eigenvalue weighted by atomic mass is 9.99. The van der Waals surface area contributed by atoms with E-state index in [1.165, 1.54) is 4.78 Å². The minimum atomic E-state index is -2.79. The maximum absolute atomic E-state index is 12.0. The molecule has 24 heavy (non-hydrogen) atoms. The van der Waals surface area contributed by atoms with Gasteiger partial charge >= 0.3 is 12.6 Å². The molecule has 1 aliphatic heterocycles. The third kappa shape index (κ3) is 3.92. The first-order chi connectivity index (χ1) is 11.4. The highest BCUT2D eigenvalue weighted by molar-refractivity contribution is 8.08. The number of aliphatic hydroxyl groups is 1. The lowest BCUT2D eigenvalue weighted by Crippen LogP contribution is -2.24. The fourth-order valence-electron chi connectivity index (χ4n) is 2.04. The zero-order valence-corrected chi connectivity index (χ0v) is 15.3. The number of hydrazone groups is 1. The Labute approximate surface area is 145 Å². The Morgan fingerprint density at radius 1 is 1.38 bits per heavy atom. The van der Waals surface area contributed by atoms with E-state index in [2.05, 4.69) is 11.0 Å². The molecule has 2 rings (SSSR count). The van der Waals surface area contributed by atoms with Crippen molar-refractivity contribution in [3.8, 4) is 5.75 Å². The lowest BCUT2D eigenvalue weighted by molar-refractivity contribution is -0.132. The van der Waals surface area contributed by atoms with Crippen molar-refractivity contribution in [2.75, 3.05) is 20.3 Å². The Balaban J connectivity index is 2.34. The molecule has 0 saturated heterocycles. The number of ether oxygens (including phenoxy) is 1. The summed E-state index contributed by atoms with van der Waals surface area (Å²) in [6.07, 6.45) is -1.17. The summed E-state index contributed by atoms with van der Waals surface area (Å²) in [5, 5.41) is 14.4. The Morgan fingerprint density at radius 3 is 2.62 bits per heavy atom. The van der Waals surface area contributed by atoms with Gasteiger partial charge in [-0.15, -0.1) is 5.10 Å². The van der Waals surface area contributed by atoms with Gasteiger partial charge in [-0.05, 0) is 31.7 Å². The van der Waals surface area contributed by atoms with Gasteiger partial charge in [0.15, 0.2) is 0 Å². The van der Waals surface area contributed by atoms with Gasteiger partial charge < -0.3 is 18.9 Å². The highest BCUT2D eigenvalue weighted by Gasteiger charge is 2.31. The molecule has 0 aliphatic carbocycles. The first kappa shape index (κ1) is 18.8. The van der Waals surface area contributed by atoms with Gasteiger partial charge in [0.25, 0.3) is 0 Å². The molecule has 1 aliphatic rings. The smallest absolute Gasteiger partial charge is 0.352 e. The van der Waals surface area contributed by atoms with Crippen molar-refractivity contribution < 1.29 is 23.7 Å². The molecule has 7 nitrogen and oxygen atoms in total. The quantitative estimate of drug-likeness (QED) is 0.206. The largest absolute Gasteiger partial charge is 0.422 e. The van der Waals surface area contributed by atoms with Crippen LogP contribution < -0.4 is 4.74 Å².